The Morgan fingerprint density at radius 1 is 1.44 bits per heavy atom. The van der Waals surface area contributed by atoms with Crippen LogP contribution in [0.3, 0.4) is 0 Å². The zero-order valence-electron chi connectivity index (χ0n) is 13.5. The Morgan fingerprint density at radius 2 is 2.40 bits per heavy atom. The van der Waals surface area contributed by atoms with Crippen LogP contribution in [0.15, 0.2) is 36.2 Å². The van der Waals surface area contributed by atoms with Gasteiger partial charge in [-0.25, -0.2) is 9.97 Å². The molecule has 3 N–H and O–H groups in total. The highest BCUT2D eigenvalue weighted by molar-refractivity contribution is 7.13. The molecule has 0 saturated heterocycles. The van der Waals surface area contributed by atoms with Crippen molar-refractivity contribution in [2.24, 2.45) is 0 Å². The van der Waals surface area contributed by atoms with Crippen LogP contribution in [0.25, 0.3) is 10.6 Å². The molecule has 8 heteroatoms. The summed E-state index contributed by atoms with van der Waals surface area (Å²) in [5.41, 5.74) is 3.83. The average molecular weight is 354 g/mol. The number of pyridine rings is 1. The minimum Gasteiger partial charge on any atom is -0.354 e. The molecule has 1 amide bonds. The second-order valence-electron chi connectivity index (χ2n) is 5.83. The normalized spacial score (nSPS) is 16.4. The van der Waals surface area contributed by atoms with Crippen LogP contribution in [0.5, 0.6) is 0 Å². The fourth-order valence-corrected chi connectivity index (χ4v) is 3.74. The number of nitrogens with one attached hydrogen (secondary N) is 3. The van der Waals surface area contributed by atoms with E-state index in [1.165, 1.54) is 0 Å². The maximum absolute atomic E-state index is 12.4. The first-order chi connectivity index (χ1) is 12.3. The lowest BCUT2D eigenvalue weighted by Crippen LogP contribution is -2.42. The highest BCUT2D eigenvalue weighted by Crippen LogP contribution is 2.23. The molecule has 0 aliphatic carbocycles. The number of carbonyl (C=O) groups excluding carboxylic acids is 1. The number of thiazole rings is 1. The van der Waals surface area contributed by atoms with E-state index in [1.54, 1.807) is 30.1 Å². The molecule has 1 aliphatic heterocycles. The molecule has 0 unspecified atom stereocenters. The predicted molar refractivity (Wildman–Crippen MR) is 95.1 cm³/mol. The molecule has 0 aromatic carbocycles. The maximum Gasteiger partial charge on any atom is 0.243 e. The van der Waals surface area contributed by atoms with Crippen molar-refractivity contribution in [2.75, 3.05) is 13.1 Å². The third-order valence-corrected chi connectivity index (χ3v) is 5.09. The fraction of sp³-hybridized carbons (Fsp3) is 0.294. The number of nitrogens with zero attached hydrogens (tertiary/aromatic N) is 3. The van der Waals surface area contributed by atoms with Crippen molar-refractivity contribution in [3.8, 4) is 10.6 Å². The molecule has 4 heterocycles. The van der Waals surface area contributed by atoms with Crippen LogP contribution in [0, 0.1) is 0 Å². The first-order valence-corrected chi connectivity index (χ1v) is 9.07. The number of H-pyrrole nitrogens is 1. The summed E-state index contributed by atoms with van der Waals surface area (Å²) in [5, 5.41) is 9.17. The molecule has 0 saturated carbocycles. The first kappa shape index (κ1) is 15.9. The number of rotatable bonds is 5. The Balaban J connectivity index is 1.33. The molecule has 0 spiro atoms. The van der Waals surface area contributed by atoms with Gasteiger partial charge in [0.25, 0.3) is 0 Å². The van der Waals surface area contributed by atoms with Gasteiger partial charge in [-0.3, -0.25) is 9.78 Å². The number of aromatic amines is 1. The molecule has 3 aromatic rings. The summed E-state index contributed by atoms with van der Waals surface area (Å²) in [4.78, 5) is 28.5. The SMILES string of the molecule is O=C(NCCc1csc(-c2cccnc2)n1)[C@@H]1NCCc2[nH]cnc21. The molecule has 0 radical (unpaired) electrons. The lowest BCUT2D eigenvalue weighted by Gasteiger charge is -2.22. The van der Waals surface area contributed by atoms with Gasteiger partial charge in [0.05, 0.1) is 17.7 Å². The Kier molecular flexibility index (Phi) is 4.53. The van der Waals surface area contributed by atoms with Crippen LogP contribution >= 0.6 is 11.3 Å². The second kappa shape index (κ2) is 7.12. The molecule has 4 rings (SSSR count). The Morgan fingerprint density at radius 3 is 3.28 bits per heavy atom. The summed E-state index contributed by atoms with van der Waals surface area (Å²) in [7, 11) is 0. The van der Waals surface area contributed by atoms with E-state index in [0.29, 0.717) is 13.0 Å². The quantitative estimate of drug-likeness (QED) is 0.645. The summed E-state index contributed by atoms with van der Waals surface area (Å²) in [6.45, 7) is 1.32. The molecular weight excluding hydrogens is 336 g/mol. The van der Waals surface area contributed by atoms with Crippen LogP contribution in [-0.2, 0) is 17.6 Å². The summed E-state index contributed by atoms with van der Waals surface area (Å²) in [5.74, 6) is -0.0456. The van der Waals surface area contributed by atoms with Gasteiger partial charge in [-0.15, -0.1) is 11.3 Å². The highest BCUT2D eigenvalue weighted by atomic mass is 32.1. The van der Waals surface area contributed by atoms with Gasteiger partial charge in [0.15, 0.2) is 0 Å². The van der Waals surface area contributed by atoms with Crippen molar-refractivity contribution in [2.45, 2.75) is 18.9 Å². The smallest absolute Gasteiger partial charge is 0.243 e. The van der Waals surface area contributed by atoms with Crippen LogP contribution in [0.1, 0.15) is 23.1 Å². The summed E-state index contributed by atoms with van der Waals surface area (Å²) in [6, 6.07) is 3.52. The van der Waals surface area contributed by atoms with Crippen molar-refractivity contribution >= 4 is 17.2 Å². The van der Waals surface area contributed by atoms with E-state index < -0.39 is 0 Å². The van der Waals surface area contributed by atoms with Gasteiger partial charge in [-0.1, -0.05) is 0 Å². The van der Waals surface area contributed by atoms with E-state index in [4.69, 9.17) is 0 Å². The maximum atomic E-state index is 12.4. The number of hydrogen-bond acceptors (Lipinski definition) is 6. The predicted octanol–water partition coefficient (Wildman–Crippen LogP) is 1.47. The van der Waals surface area contributed by atoms with Gasteiger partial charge in [0.1, 0.15) is 11.0 Å². The molecule has 3 aromatic heterocycles. The number of hydrogen-bond donors (Lipinski definition) is 3. The minimum atomic E-state index is -0.378. The van der Waals surface area contributed by atoms with Gasteiger partial charge in [0, 0.05) is 55.0 Å². The van der Waals surface area contributed by atoms with Gasteiger partial charge >= 0.3 is 0 Å². The summed E-state index contributed by atoms with van der Waals surface area (Å²) < 4.78 is 0. The Hall–Kier alpha value is -2.58. The van der Waals surface area contributed by atoms with E-state index in [-0.39, 0.29) is 11.9 Å². The Labute approximate surface area is 148 Å². The van der Waals surface area contributed by atoms with Crippen LogP contribution in [0.4, 0.5) is 0 Å². The van der Waals surface area contributed by atoms with E-state index in [2.05, 4.69) is 30.6 Å². The van der Waals surface area contributed by atoms with Crippen LogP contribution in [0.2, 0.25) is 0 Å². The van der Waals surface area contributed by atoms with Crippen molar-refractivity contribution in [3.05, 3.63) is 53.3 Å². The van der Waals surface area contributed by atoms with E-state index in [9.17, 15) is 4.79 Å². The summed E-state index contributed by atoms with van der Waals surface area (Å²) >= 11 is 1.59. The van der Waals surface area contributed by atoms with Crippen molar-refractivity contribution in [1.82, 2.24) is 30.6 Å². The van der Waals surface area contributed by atoms with Crippen LogP contribution < -0.4 is 10.6 Å². The number of aromatic nitrogens is 4. The molecule has 7 nitrogen and oxygen atoms in total. The van der Waals surface area contributed by atoms with Crippen molar-refractivity contribution in [1.29, 1.82) is 0 Å². The molecule has 0 fully saturated rings. The van der Waals surface area contributed by atoms with E-state index in [1.807, 2.05) is 17.5 Å². The van der Waals surface area contributed by atoms with Crippen molar-refractivity contribution in [3.63, 3.8) is 0 Å². The lowest BCUT2D eigenvalue weighted by molar-refractivity contribution is -0.123. The lowest BCUT2D eigenvalue weighted by atomic mass is 10.1. The van der Waals surface area contributed by atoms with E-state index >= 15 is 0 Å². The van der Waals surface area contributed by atoms with Crippen molar-refractivity contribution < 1.29 is 4.79 Å². The first-order valence-electron chi connectivity index (χ1n) is 8.19. The van der Waals surface area contributed by atoms with Gasteiger partial charge < -0.3 is 15.6 Å². The standard InChI is InChI=1S/C17H18N6OS/c24-16(15-14-13(4-7-19-15)21-10-22-14)20-6-3-12-9-25-17(23-12)11-2-1-5-18-8-11/h1-2,5,8-10,15,19H,3-4,6-7H2,(H,20,24)(H,21,22)/t15-/m1/s1. The zero-order chi connectivity index (χ0) is 17.1. The van der Waals surface area contributed by atoms with Crippen LogP contribution in [-0.4, -0.2) is 38.9 Å². The third kappa shape index (κ3) is 3.45. The molecule has 1 atom stereocenters. The topological polar surface area (TPSA) is 95.6 Å². The minimum absolute atomic E-state index is 0.0456. The Bertz CT molecular complexity index is 859. The number of carbonyl (C=O) groups is 1. The number of amides is 1. The second-order valence-corrected chi connectivity index (χ2v) is 6.69. The summed E-state index contributed by atoms with van der Waals surface area (Å²) in [6.07, 6.45) is 6.77. The zero-order valence-corrected chi connectivity index (χ0v) is 14.3. The van der Waals surface area contributed by atoms with Gasteiger partial charge in [-0.05, 0) is 12.1 Å². The highest BCUT2D eigenvalue weighted by Gasteiger charge is 2.28. The van der Waals surface area contributed by atoms with E-state index in [0.717, 1.165) is 40.6 Å². The molecule has 1 aliphatic rings. The molecular formula is C17H18N6OS. The third-order valence-electron chi connectivity index (χ3n) is 4.15. The average Bonchev–Trinajstić information content (AvgIpc) is 3.31. The number of imidazole rings is 1. The molecule has 25 heavy (non-hydrogen) atoms. The molecule has 0 bridgehead atoms. The van der Waals surface area contributed by atoms with Gasteiger partial charge in [-0.2, -0.15) is 0 Å². The number of fused-ring (bicyclic) bond motifs is 1. The monoisotopic (exact) mass is 354 g/mol. The fourth-order valence-electron chi connectivity index (χ4n) is 2.90. The largest absolute Gasteiger partial charge is 0.354 e. The molecule has 128 valence electrons. The van der Waals surface area contributed by atoms with Gasteiger partial charge in [0.2, 0.25) is 5.91 Å².